The molecule has 0 saturated carbocycles. The number of nitrogen functional groups attached to an aromatic ring is 1. The molecule has 0 fully saturated rings. The highest BCUT2D eigenvalue weighted by Crippen LogP contribution is 2.07. The Balaban J connectivity index is 2.63. The van der Waals surface area contributed by atoms with E-state index in [0.29, 0.717) is 5.69 Å². The summed E-state index contributed by atoms with van der Waals surface area (Å²) in [6, 6.07) is 7.52. The van der Waals surface area contributed by atoms with Gasteiger partial charge < -0.3 is 10.6 Å². The average molecular weight is 178 g/mol. The third-order valence-corrected chi connectivity index (χ3v) is 1.46. The van der Waals surface area contributed by atoms with Gasteiger partial charge in [-0.3, -0.25) is 0 Å². The van der Waals surface area contributed by atoms with Crippen molar-refractivity contribution in [1.29, 1.82) is 0 Å². The molecule has 1 rings (SSSR count). The zero-order valence-corrected chi connectivity index (χ0v) is 7.90. The number of anilines is 1. The van der Waals surface area contributed by atoms with Gasteiger partial charge in [-0.1, -0.05) is 23.4 Å². The van der Waals surface area contributed by atoms with Gasteiger partial charge in [0, 0.05) is 11.3 Å². The zero-order chi connectivity index (χ0) is 9.68. The Morgan fingerprint density at radius 3 is 2.69 bits per heavy atom. The van der Waals surface area contributed by atoms with E-state index in [-0.39, 0.29) is 6.10 Å². The number of hydrogen-bond donors (Lipinski definition) is 1. The van der Waals surface area contributed by atoms with Gasteiger partial charge in [0.2, 0.25) is 0 Å². The van der Waals surface area contributed by atoms with Crippen LogP contribution in [0.3, 0.4) is 0 Å². The molecule has 13 heavy (non-hydrogen) atoms. The monoisotopic (exact) mass is 178 g/mol. The van der Waals surface area contributed by atoms with Crippen molar-refractivity contribution >= 4 is 11.9 Å². The summed E-state index contributed by atoms with van der Waals surface area (Å²) in [6.07, 6.45) is 1.72. The lowest BCUT2D eigenvalue weighted by molar-refractivity contribution is 0.0874. The maximum atomic E-state index is 5.69. The van der Waals surface area contributed by atoms with E-state index in [1.54, 1.807) is 6.21 Å². The van der Waals surface area contributed by atoms with E-state index in [2.05, 4.69) is 5.16 Å². The van der Waals surface area contributed by atoms with Gasteiger partial charge in [-0.05, 0) is 19.9 Å². The second kappa shape index (κ2) is 4.50. The molecule has 0 aromatic heterocycles. The first-order valence-electron chi connectivity index (χ1n) is 4.24. The number of para-hydroxylation sites is 1. The number of nitrogens with two attached hydrogens (primary N) is 1. The highest BCUT2D eigenvalue weighted by molar-refractivity contribution is 5.86. The first-order valence-corrected chi connectivity index (χ1v) is 4.24. The summed E-state index contributed by atoms with van der Waals surface area (Å²) in [5, 5.41) is 3.80. The van der Waals surface area contributed by atoms with Gasteiger partial charge in [0.1, 0.15) is 6.10 Å². The molecule has 0 aliphatic heterocycles. The normalized spacial score (nSPS) is 11.0. The Bertz CT molecular complexity index is 295. The van der Waals surface area contributed by atoms with Crippen LogP contribution in [0.4, 0.5) is 5.69 Å². The van der Waals surface area contributed by atoms with Crippen molar-refractivity contribution in [2.75, 3.05) is 5.73 Å². The molecule has 0 aliphatic carbocycles. The van der Waals surface area contributed by atoms with Gasteiger partial charge in [0.25, 0.3) is 0 Å². The molecule has 0 atom stereocenters. The van der Waals surface area contributed by atoms with Crippen molar-refractivity contribution in [3.05, 3.63) is 29.8 Å². The zero-order valence-electron chi connectivity index (χ0n) is 7.90. The Morgan fingerprint density at radius 2 is 2.08 bits per heavy atom. The van der Waals surface area contributed by atoms with E-state index in [1.165, 1.54) is 0 Å². The molecule has 2 N–H and O–H groups in total. The molecule has 3 nitrogen and oxygen atoms in total. The van der Waals surface area contributed by atoms with E-state index in [9.17, 15) is 0 Å². The van der Waals surface area contributed by atoms with Gasteiger partial charge >= 0.3 is 0 Å². The van der Waals surface area contributed by atoms with Crippen molar-refractivity contribution in [3.63, 3.8) is 0 Å². The fraction of sp³-hybridized carbons (Fsp3) is 0.300. The summed E-state index contributed by atoms with van der Waals surface area (Å²) in [5.41, 5.74) is 7.28. The molecular formula is C10H14N2O. The van der Waals surface area contributed by atoms with Crippen LogP contribution in [0.15, 0.2) is 29.4 Å². The number of hydrogen-bond acceptors (Lipinski definition) is 3. The predicted octanol–water partition coefficient (Wildman–Crippen LogP) is 2.03. The van der Waals surface area contributed by atoms with Gasteiger partial charge in [-0.15, -0.1) is 0 Å². The van der Waals surface area contributed by atoms with E-state index in [4.69, 9.17) is 10.6 Å². The van der Waals surface area contributed by atoms with Crippen molar-refractivity contribution in [2.45, 2.75) is 20.0 Å². The predicted molar refractivity (Wildman–Crippen MR) is 54.7 cm³/mol. The molecule has 0 heterocycles. The third kappa shape index (κ3) is 3.15. The molecule has 0 radical (unpaired) electrons. The first-order chi connectivity index (χ1) is 6.20. The van der Waals surface area contributed by atoms with E-state index < -0.39 is 0 Å². The fourth-order valence-electron chi connectivity index (χ4n) is 0.837. The fourth-order valence-corrected chi connectivity index (χ4v) is 0.837. The molecular weight excluding hydrogens is 164 g/mol. The average Bonchev–Trinajstić information content (AvgIpc) is 2.08. The molecule has 0 spiro atoms. The van der Waals surface area contributed by atoms with Crippen LogP contribution in [-0.2, 0) is 4.84 Å². The Hall–Kier alpha value is -1.51. The number of benzene rings is 1. The molecule has 1 aromatic carbocycles. The largest absolute Gasteiger partial charge is 0.398 e. The highest BCUT2D eigenvalue weighted by Gasteiger charge is 1.93. The van der Waals surface area contributed by atoms with Crippen LogP contribution >= 0.6 is 0 Å². The quantitative estimate of drug-likeness (QED) is 0.437. The molecule has 70 valence electrons. The van der Waals surface area contributed by atoms with Gasteiger partial charge in [-0.25, -0.2) is 0 Å². The van der Waals surface area contributed by atoms with Crippen LogP contribution < -0.4 is 5.73 Å². The minimum Gasteiger partial charge on any atom is -0.398 e. The Labute approximate surface area is 78.2 Å². The van der Waals surface area contributed by atoms with Crippen molar-refractivity contribution < 1.29 is 4.84 Å². The van der Waals surface area contributed by atoms with Gasteiger partial charge in [0.15, 0.2) is 0 Å². The smallest absolute Gasteiger partial charge is 0.122 e. The summed E-state index contributed by atoms with van der Waals surface area (Å²) in [5.74, 6) is 0. The Kier molecular flexibility index (Phi) is 3.31. The number of oxime groups is 1. The van der Waals surface area contributed by atoms with E-state index >= 15 is 0 Å². The minimum absolute atomic E-state index is 0.0983. The molecule has 0 unspecified atom stereocenters. The van der Waals surface area contributed by atoms with Gasteiger partial charge in [-0.2, -0.15) is 0 Å². The van der Waals surface area contributed by atoms with E-state index in [1.807, 2.05) is 38.1 Å². The second-order valence-electron chi connectivity index (χ2n) is 3.02. The minimum atomic E-state index is 0.0983. The molecule has 3 heteroatoms. The SMILES string of the molecule is CC(C)O/N=C/c1ccccc1N. The standard InChI is InChI=1S/C10H14N2O/c1-8(2)13-12-7-9-5-3-4-6-10(9)11/h3-8H,11H2,1-2H3/b12-7+. The third-order valence-electron chi connectivity index (χ3n) is 1.46. The summed E-state index contributed by atoms with van der Waals surface area (Å²) in [6.45, 7) is 3.84. The summed E-state index contributed by atoms with van der Waals surface area (Å²) >= 11 is 0. The van der Waals surface area contributed by atoms with Crippen LogP contribution in [0.2, 0.25) is 0 Å². The molecule has 0 bridgehead atoms. The Morgan fingerprint density at radius 1 is 1.38 bits per heavy atom. The molecule has 0 amide bonds. The maximum Gasteiger partial charge on any atom is 0.122 e. The summed E-state index contributed by atoms with van der Waals surface area (Å²) < 4.78 is 0. The van der Waals surface area contributed by atoms with Gasteiger partial charge in [0.05, 0.1) is 6.21 Å². The van der Waals surface area contributed by atoms with Crippen molar-refractivity contribution in [2.24, 2.45) is 5.16 Å². The second-order valence-corrected chi connectivity index (χ2v) is 3.02. The van der Waals surface area contributed by atoms with Crippen LogP contribution in [0, 0.1) is 0 Å². The molecule has 0 saturated heterocycles. The number of nitrogens with zero attached hydrogens (tertiary/aromatic N) is 1. The summed E-state index contributed by atoms with van der Waals surface area (Å²) in [4.78, 5) is 5.01. The number of rotatable bonds is 3. The van der Waals surface area contributed by atoms with Crippen molar-refractivity contribution in [3.8, 4) is 0 Å². The van der Waals surface area contributed by atoms with Crippen LogP contribution in [0.5, 0.6) is 0 Å². The maximum absolute atomic E-state index is 5.69. The summed E-state index contributed by atoms with van der Waals surface area (Å²) in [7, 11) is 0. The first kappa shape index (κ1) is 9.58. The lowest BCUT2D eigenvalue weighted by Gasteiger charge is -2.01. The van der Waals surface area contributed by atoms with Crippen LogP contribution in [0.1, 0.15) is 19.4 Å². The van der Waals surface area contributed by atoms with Crippen molar-refractivity contribution in [1.82, 2.24) is 0 Å². The van der Waals surface area contributed by atoms with E-state index in [0.717, 1.165) is 5.56 Å². The molecule has 0 aliphatic rings. The topological polar surface area (TPSA) is 47.6 Å². The lowest BCUT2D eigenvalue weighted by atomic mass is 10.2. The van der Waals surface area contributed by atoms with Crippen LogP contribution in [-0.4, -0.2) is 12.3 Å². The van der Waals surface area contributed by atoms with Crippen LogP contribution in [0.25, 0.3) is 0 Å². The highest BCUT2D eigenvalue weighted by atomic mass is 16.6. The lowest BCUT2D eigenvalue weighted by Crippen LogP contribution is -1.97. The molecule has 1 aromatic rings.